The molecule has 2 aliphatic rings. The van der Waals surface area contributed by atoms with Crippen molar-refractivity contribution >= 4 is 11.4 Å². The van der Waals surface area contributed by atoms with Gasteiger partial charge in [0.2, 0.25) is 0 Å². The van der Waals surface area contributed by atoms with Crippen LogP contribution in [-0.2, 0) is 12.1 Å². The molecule has 0 amide bonds. The quantitative estimate of drug-likeness (QED) is 0.739. The summed E-state index contributed by atoms with van der Waals surface area (Å²) in [5.74, 6) is 0. The fraction of sp³-hybridized carbons (Fsp3) is 0.304. The number of nitrogens with zero attached hydrogens (tertiary/aromatic N) is 3. The smallest absolute Gasteiger partial charge is 0.0820 e. The Morgan fingerprint density at radius 2 is 1.63 bits per heavy atom. The SMILES string of the molecule is CN1c2ccccc2NC2(CCN(Cc3ccccc3)CC2)c2cccn21. The highest BCUT2D eigenvalue weighted by atomic mass is 15.5. The molecule has 3 aromatic rings. The average molecular weight is 358 g/mol. The fourth-order valence-corrected chi connectivity index (χ4v) is 4.63. The number of fused-ring (bicyclic) bond motifs is 3. The molecule has 1 fully saturated rings. The molecule has 1 spiro atoms. The Hall–Kier alpha value is -2.72. The third-order valence-corrected chi connectivity index (χ3v) is 6.13. The van der Waals surface area contributed by atoms with Crippen molar-refractivity contribution in [2.24, 2.45) is 0 Å². The summed E-state index contributed by atoms with van der Waals surface area (Å²) in [4.78, 5) is 2.58. The normalized spacial score (nSPS) is 18.5. The molecule has 3 heterocycles. The van der Waals surface area contributed by atoms with Crippen molar-refractivity contribution in [1.29, 1.82) is 0 Å². The van der Waals surface area contributed by atoms with Crippen molar-refractivity contribution in [1.82, 2.24) is 9.58 Å². The van der Waals surface area contributed by atoms with E-state index < -0.39 is 0 Å². The van der Waals surface area contributed by atoms with Crippen LogP contribution in [0.5, 0.6) is 0 Å². The zero-order valence-electron chi connectivity index (χ0n) is 15.8. The average Bonchev–Trinajstić information content (AvgIpc) is 3.18. The molecule has 0 radical (unpaired) electrons. The van der Waals surface area contributed by atoms with Gasteiger partial charge < -0.3 is 5.32 Å². The van der Waals surface area contributed by atoms with E-state index in [0.29, 0.717) is 0 Å². The number of likely N-dealkylation sites (tertiary alicyclic amines) is 1. The van der Waals surface area contributed by atoms with E-state index in [-0.39, 0.29) is 5.54 Å². The Kier molecular flexibility index (Phi) is 3.94. The standard InChI is InChI=1S/C23H26N4/c1-25-21-11-6-5-10-20(21)24-23(22-12-7-15-27(22)25)13-16-26(17-14-23)18-19-8-3-2-4-9-19/h2-12,15,24H,13-14,16-18H2,1H3. The van der Waals surface area contributed by atoms with Gasteiger partial charge >= 0.3 is 0 Å². The molecule has 2 aliphatic heterocycles. The summed E-state index contributed by atoms with van der Waals surface area (Å²) < 4.78 is 2.31. The summed E-state index contributed by atoms with van der Waals surface area (Å²) in [6.45, 7) is 3.23. The van der Waals surface area contributed by atoms with Crippen LogP contribution in [0, 0.1) is 0 Å². The predicted molar refractivity (Wildman–Crippen MR) is 111 cm³/mol. The van der Waals surface area contributed by atoms with Gasteiger partial charge in [-0.3, -0.25) is 14.6 Å². The Labute approximate surface area is 161 Å². The summed E-state index contributed by atoms with van der Waals surface area (Å²) in [5, 5.41) is 6.20. The summed E-state index contributed by atoms with van der Waals surface area (Å²) in [6.07, 6.45) is 4.38. The van der Waals surface area contributed by atoms with Crippen LogP contribution in [0.15, 0.2) is 72.9 Å². The molecule has 4 nitrogen and oxygen atoms in total. The third-order valence-electron chi connectivity index (χ3n) is 6.13. The first kappa shape index (κ1) is 16.5. The summed E-state index contributed by atoms with van der Waals surface area (Å²) in [7, 11) is 2.15. The maximum atomic E-state index is 3.94. The van der Waals surface area contributed by atoms with E-state index in [0.717, 1.165) is 32.5 Å². The first-order valence-electron chi connectivity index (χ1n) is 9.81. The van der Waals surface area contributed by atoms with Gasteiger partial charge in [0.25, 0.3) is 0 Å². The Balaban J connectivity index is 1.44. The second-order valence-electron chi connectivity index (χ2n) is 7.75. The van der Waals surface area contributed by atoms with Gasteiger partial charge in [-0.15, -0.1) is 0 Å². The van der Waals surface area contributed by atoms with Crippen molar-refractivity contribution in [3.63, 3.8) is 0 Å². The summed E-state index contributed by atoms with van der Waals surface area (Å²) in [6, 6.07) is 23.9. The molecule has 0 unspecified atom stereocenters. The highest BCUT2D eigenvalue weighted by Gasteiger charge is 2.41. The van der Waals surface area contributed by atoms with Crippen molar-refractivity contribution in [2.45, 2.75) is 24.9 Å². The Morgan fingerprint density at radius 1 is 0.889 bits per heavy atom. The van der Waals surface area contributed by atoms with E-state index in [1.165, 1.54) is 22.6 Å². The number of para-hydroxylation sites is 2. The van der Waals surface area contributed by atoms with E-state index in [1.54, 1.807) is 0 Å². The zero-order chi connectivity index (χ0) is 18.3. The molecule has 0 atom stereocenters. The van der Waals surface area contributed by atoms with E-state index >= 15 is 0 Å². The van der Waals surface area contributed by atoms with Crippen LogP contribution in [0.4, 0.5) is 11.4 Å². The predicted octanol–water partition coefficient (Wildman–Crippen LogP) is 4.30. The van der Waals surface area contributed by atoms with Crippen LogP contribution in [0.1, 0.15) is 24.1 Å². The van der Waals surface area contributed by atoms with Gasteiger partial charge in [-0.2, -0.15) is 0 Å². The van der Waals surface area contributed by atoms with Crippen LogP contribution in [-0.4, -0.2) is 29.7 Å². The minimum Gasteiger partial charge on any atom is -0.372 e. The first-order valence-corrected chi connectivity index (χ1v) is 9.81. The van der Waals surface area contributed by atoms with Gasteiger partial charge in [0.1, 0.15) is 0 Å². The van der Waals surface area contributed by atoms with E-state index in [2.05, 4.69) is 99.9 Å². The molecule has 0 bridgehead atoms. The number of anilines is 2. The number of hydrogen-bond donors (Lipinski definition) is 1. The van der Waals surface area contributed by atoms with Crippen molar-refractivity contribution in [3.05, 3.63) is 84.2 Å². The summed E-state index contributed by atoms with van der Waals surface area (Å²) in [5.41, 5.74) is 5.19. The monoisotopic (exact) mass is 358 g/mol. The van der Waals surface area contributed by atoms with E-state index in [1.807, 2.05) is 0 Å². The van der Waals surface area contributed by atoms with Crippen molar-refractivity contribution in [3.8, 4) is 0 Å². The number of rotatable bonds is 2. The molecule has 2 aromatic carbocycles. The summed E-state index contributed by atoms with van der Waals surface area (Å²) >= 11 is 0. The highest BCUT2D eigenvalue weighted by molar-refractivity contribution is 5.72. The number of hydrogen-bond acceptors (Lipinski definition) is 3. The molecule has 0 aliphatic carbocycles. The van der Waals surface area contributed by atoms with Gasteiger partial charge in [-0.1, -0.05) is 42.5 Å². The molecule has 0 saturated carbocycles. The number of nitrogens with one attached hydrogen (secondary N) is 1. The van der Waals surface area contributed by atoms with Crippen molar-refractivity contribution in [2.75, 3.05) is 30.5 Å². The van der Waals surface area contributed by atoms with E-state index in [9.17, 15) is 0 Å². The van der Waals surface area contributed by atoms with Crippen LogP contribution in [0.25, 0.3) is 0 Å². The minimum absolute atomic E-state index is 0.0163. The lowest BCUT2D eigenvalue weighted by molar-refractivity contribution is 0.163. The zero-order valence-corrected chi connectivity index (χ0v) is 15.8. The maximum Gasteiger partial charge on any atom is 0.0820 e. The molecule has 138 valence electrons. The number of piperidine rings is 1. The Morgan fingerprint density at radius 3 is 2.44 bits per heavy atom. The van der Waals surface area contributed by atoms with Crippen molar-refractivity contribution < 1.29 is 0 Å². The topological polar surface area (TPSA) is 23.4 Å². The highest BCUT2D eigenvalue weighted by Crippen LogP contribution is 2.42. The van der Waals surface area contributed by atoms with Crippen LogP contribution in [0.3, 0.4) is 0 Å². The van der Waals surface area contributed by atoms with Gasteiger partial charge in [-0.05, 0) is 42.7 Å². The maximum absolute atomic E-state index is 3.94. The lowest BCUT2D eigenvalue weighted by atomic mass is 9.83. The second-order valence-corrected chi connectivity index (χ2v) is 7.75. The third kappa shape index (κ3) is 2.81. The van der Waals surface area contributed by atoms with Gasteiger partial charge in [0.15, 0.2) is 0 Å². The lowest BCUT2D eigenvalue weighted by Gasteiger charge is -2.42. The van der Waals surface area contributed by atoms with Gasteiger partial charge in [-0.25, -0.2) is 0 Å². The molecule has 4 heteroatoms. The lowest BCUT2D eigenvalue weighted by Crippen LogP contribution is -2.47. The minimum atomic E-state index is -0.0163. The van der Waals surface area contributed by atoms with Crippen LogP contribution >= 0.6 is 0 Å². The molecular weight excluding hydrogens is 332 g/mol. The first-order chi connectivity index (χ1) is 13.3. The molecule has 1 N–H and O–H groups in total. The number of benzene rings is 2. The molecule has 1 saturated heterocycles. The molecule has 27 heavy (non-hydrogen) atoms. The van der Waals surface area contributed by atoms with Crippen LogP contribution in [0.2, 0.25) is 0 Å². The van der Waals surface area contributed by atoms with Gasteiger partial charge in [0, 0.05) is 32.9 Å². The molecule has 1 aromatic heterocycles. The largest absolute Gasteiger partial charge is 0.372 e. The molecule has 5 rings (SSSR count). The van der Waals surface area contributed by atoms with Crippen LogP contribution < -0.4 is 10.3 Å². The number of aromatic nitrogens is 1. The van der Waals surface area contributed by atoms with Gasteiger partial charge in [0.05, 0.1) is 22.6 Å². The fourth-order valence-electron chi connectivity index (χ4n) is 4.63. The Bertz CT molecular complexity index is 922. The second kappa shape index (κ2) is 6.46. The molecular formula is C23H26N4. The van der Waals surface area contributed by atoms with E-state index in [4.69, 9.17) is 0 Å².